The Hall–Kier alpha value is -1.10. The first-order chi connectivity index (χ1) is 6.68. The molecule has 1 aliphatic rings. The minimum atomic E-state index is -0.509. The second-order valence-corrected chi connectivity index (χ2v) is 3.97. The zero-order valence-corrected chi connectivity index (χ0v) is 8.95. The number of amides is 1. The maximum atomic E-state index is 11.0. The molecule has 1 aromatic rings. The van der Waals surface area contributed by atoms with E-state index in [1.165, 1.54) is 6.20 Å². The molecule has 0 aliphatic heterocycles. The van der Waals surface area contributed by atoms with E-state index in [-0.39, 0.29) is 6.10 Å². The quantitative estimate of drug-likeness (QED) is 0.891. The van der Waals surface area contributed by atoms with Crippen molar-refractivity contribution in [3.8, 4) is 5.75 Å². The molecular formula is C9H9BrN2O2. The van der Waals surface area contributed by atoms with Crippen LogP contribution in [0, 0.1) is 0 Å². The van der Waals surface area contributed by atoms with Crippen LogP contribution in [0.5, 0.6) is 5.75 Å². The minimum absolute atomic E-state index is 0.274. The molecule has 0 aromatic carbocycles. The van der Waals surface area contributed by atoms with Crippen molar-refractivity contribution in [1.82, 2.24) is 4.98 Å². The molecule has 1 amide bonds. The molecule has 2 N–H and O–H groups in total. The van der Waals surface area contributed by atoms with Crippen LogP contribution in [0.3, 0.4) is 0 Å². The Kier molecular flexibility index (Phi) is 2.41. The van der Waals surface area contributed by atoms with E-state index in [1.807, 2.05) is 0 Å². The van der Waals surface area contributed by atoms with Crippen LogP contribution in [0.4, 0.5) is 0 Å². The van der Waals surface area contributed by atoms with E-state index in [0.29, 0.717) is 15.8 Å². The van der Waals surface area contributed by atoms with Gasteiger partial charge in [-0.05, 0) is 28.8 Å². The largest absolute Gasteiger partial charge is 0.488 e. The predicted octanol–water partition coefficient (Wildman–Crippen LogP) is 1.48. The van der Waals surface area contributed by atoms with Crippen LogP contribution < -0.4 is 10.5 Å². The molecule has 0 spiro atoms. The van der Waals surface area contributed by atoms with Gasteiger partial charge < -0.3 is 10.5 Å². The van der Waals surface area contributed by atoms with Gasteiger partial charge >= 0.3 is 0 Å². The van der Waals surface area contributed by atoms with Crippen LogP contribution in [0.15, 0.2) is 16.9 Å². The Morgan fingerprint density at radius 2 is 2.29 bits per heavy atom. The number of carbonyl (C=O) groups is 1. The van der Waals surface area contributed by atoms with Crippen molar-refractivity contribution >= 4 is 21.8 Å². The van der Waals surface area contributed by atoms with Gasteiger partial charge in [0.15, 0.2) is 5.75 Å². The Labute approximate surface area is 89.6 Å². The molecule has 4 nitrogen and oxygen atoms in total. The fraction of sp³-hybridized carbons (Fsp3) is 0.333. The molecule has 0 radical (unpaired) electrons. The standard InChI is InChI=1S/C9H9BrN2O2/c10-8-6(9(11)13)3-12-4-7(8)14-5-1-2-5/h3-5H,1-2H2,(H2,11,13). The second kappa shape index (κ2) is 3.57. The predicted molar refractivity (Wildman–Crippen MR) is 54.1 cm³/mol. The second-order valence-electron chi connectivity index (χ2n) is 3.18. The van der Waals surface area contributed by atoms with E-state index in [0.717, 1.165) is 12.8 Å². The zero-order chi connectivity index (χ0) is 10.1. The number of primary amides is 1. The molecule has 1 aliphatic carbocycles. The first-order valence-electron chi connectivity index (χ1n) is 4.28. The molecule has 0 bridgehead atoms. The van der Waals surface area contributed by atoms with Crippen LogP contribution in [-0.4, -0.2) is 17.0 Å². The maximum absolute atomic E-state index is 11.0. The summed E-state index contributed by atoms with van der Waals surface area (Å²) in [4.78, 5) is 14.9. The summed E-state index contributed by atoms with van der Waals surface area (Å²) in [6.07, 6.45) is 5.40. The van der Waals surface area contributed by atoms with Gasteiger partial charge in [-0.2, -0.15) is 0 Å². The summed E-state index contributed by atoms with van der Waals surface area (Å²) in [5.74, 6) is 0.0782. The van der Waals surface area contributed by atoms with Crippen molar-refractivity contribution in [2.24, 2.45) is 5.73 Å². The monoisotopic (exact) mass is 256 g/mol. The highest BCUT2D eigenvalue weighted by Crippen LogP contribution is 2.33. The number of carbonyl (C=O) groups excluding carboxylic acids is 1. The molecule has 0 saturated heterocycles. The average Bonchev–Trinajstić information content (AvgIpc) is 2.92. The SMILES string of the molecule is NC(=O)c1cncc(OC2CC2)c1Br. The van der Waals surface area contributed by atoms with Crippen molar-refractivity contribution in [2.75, 3.05) is 0 Å². The summed E-state index contributed by atoms with van der Waals surface area (Å²) >= 11 is 3.27. The van der Waals surface area contributed by atoms with E-state index in [1.54, 1.807) is 6.20 Å². The van der Waals surface area contributed by atoms with Gasteiger partial charge in [0, 0.05) is 6.20 Å². The topological polar surface area (TPSA) is 65.2 Å². The number of aromatic nitrogens is 1. The Morgan fingerprint density at radius 1 is 1.57 bits per heavy atom. The summed E-state index contributed by atoms with van der Waals surface area (Å²) in [7, 11) is 0. The minimum Gasteiger partial charge on any atom is -0.488 e. The van der Waals surface area contributed by atoms with Crippen LogP contribution in [-0.2, 0) is 0 Å². The number of nitrogens with two attached hydrogens (primary N) is 1. The highest BCUT2D eigenvalue weighted by atomic mass is 79.9. The van der Waals surface area contributed by atoms with Gasteiger partial charge in [-0.1, -0.05) is 0 Å². The molecule has 1 fully saturated rings. The van der Waals surface area contributed by atoms with Gasteiger partial charge in [0.2, 0.25) is 0 Å². The van der Waals surface area contributed by atoms with Crippen molar-refractivity contribution in [3.63, 3.8) is 0 Å². The van der Waals surface area contributed by atoms with Crippen molar-refractivity contribution in [3.05, 3.63) is 22.4 Å². The van der Waals surface area contributed by atoms with Gasteiger partial charge in [0.05, 0.1) is 22.3 Å². The Morgan fingerprint density at radius 3 is 2.86 bits per heavy atom. The first kappa shape index (κ1) is 9.45. The number of nitrogens with zero attached hydrogens (tertiary/aromatic N) is 1. The molecule has 0 atom stereocenters. The number of ether oxygens (including phenoxy) is 1. The smallest absolute Gasteiger partial charge is 0.251 e. The molecule has 1 saturated carbocycles. The van der Waals surface area contributed by atoms with E-state index in [9.17, 15) is 4.79 Å². The normalized spacial score (nSPS) is 15.2. The van der Waals surface area contributed by atoms with Crippen LogP contribution in [0.1, 0.15) is 23.2 Å². The lowest BCUT2D eigenvalue weighted by Crippen LogP contribution is -2.13. The van der Waals surface area contributed by atoms with Crippen LogP contribution in [0.2, 0.25) is 0 Å². The Bertz CT molecular complexity index is 377. The average molecular weight is 257 g/mol. The highest BCUT2D eigenvalue weighted by Gasteiger charge is 2.25. The van der Waals surface area contributed by atoms with Gasteiger partial charge in [-0.15, -0.1) is 0 Å². The van der Waals surface area contributed by atoms with Gasteiger partial charge in [0.1, 0.15) is 0 Å². The highest BCUT2D eigenvalue weighted by molar-refractivity contribution is 9.10. The number of rotatable bonds is 3. The van der Waals surface area contributed by atoms with Crippen molar-refractivity contribution in [2.45, 2.75) is 18.9 Å². The Balaban J connectivity index is 2.30. The molecular weight excluding hydrogens is 248 g/mol. The summed E-state index contributed by atoms with van der Waals surface area (Å²) < 4.78 is 6.12. The molecule has 1 aromatic heterocycles. The third-order valence-electron chi connectivity index (χ3n) is 1.93. The molecule has 5 heteroatoms. The number of pyridine rings is 1. The van der Waals surface area contributed by atoms with E-state index in [2.05, 4.69) is 20.9 Å². The van der Waals surface area contributed by atoms with Gasteiger partial charge in [-0.3, -0.25) is 9.78 Å². The van der Waals surface area contributed by atoms with E-state index >= 15 is 0 Å². The lowest BCUT2D eigenvalue weighted by molar-refractivity contribution is 0.0998. The molecule has 14 heavy (non-hydrogen) atoms. The van der Waals surface area contributed by atoms with E-state index in [4.69, 9.17) is 10.5 Å². The molecule has 1 heterocycles. The maximum Gasteiger partial charge on any atom is 0.251 e. The number of halogens is 1. The zero-order valence-electron chi connectivity index (χ0n) is 7.37. The molecule has 0 unspecified atom stereocenters. The lowest BCUT2D eigenvalue weighted by atomic mass is 10.2. The van der Waals surface area contributed by atoms with Crippen LogP contribution in [0.25, 0.3) is 0 Å². The van der Waals surface area contributed by atoms with Gasteiger partial charge in [-0.25, -0.2) is 0 Å². The fourth-order valence-electron chi connectivity index (χ4n) is 1.04. The van der Waals surface area contributed by atoms with Crippen molar-refractivity contribution in [1.29, 1.82) is 0 Å². The van der Waals surface area contributed by atoms with Crippen molar-refractivity contribution < 1.29 is 9.53 Å². The molecule has 74 valence electrons. The third-order valence-corrected chi connectivity index (χ3v) is 2.75. The number of hydrogen-bond acceptors (Lipinski definition) is 3. The summed E-state index contributed by atoms with van der Waals surface area (Å²) in [6, 6.07) is 0. The third kappa shape index (κ3) is 1.87. The summed E-state index contributed by atoms with van der Waals surface area (Å²) in [6.45, 7) is 0. The summed E-state index contributed by atoms with van der Waals surface area (Å²) in [5.41, 5.74) is 5.52. The van der Waals surface area contributed by atoms with E-state index < -0.39 is 5.91 Å². The fourth-order valence-corrected chi connectivity index (χ4v) is 1.54. The lowest BCUT2D eigenvalue weighted by Gasteiger charge is -2.07. The van der Waals surface area contributed by atoms with Crippen LogP contribution >= 0.6 is 15.9 Å². The van der Waals surface area contributed by atoms with Gasteiger partial charge in [0.25, 0.3) is 5.91 Å². The summed E-state index contributed by atoms with van der Waals surface area (Å²) in [5, 5.41) is 0. The molecule has 2 rings (SSSR count). The first-order valence-corrected chi connectivity index (χ1v) is 5.07. The number of hydrogen-bond donors (Lipinski definition) is 1.